The molecule has 0 aliphatic rings. The van der Waals surface area contributed by atoms with Crippen LogP contribution in [0.4, 0.5) is 10.1 Å². The molecule has 0 aliphatic heterocycles. The highest BCUT2D eigenvalue weighted by Crippen LogP contribution is 2.29. The molecule has 0 radical (unpaired) electrons. The molecule has 1 amide bonds. The van der Waals surface area contributed by atoms with Crippen molar-refractivity contribution in [3.63, 3.8) is 0 Å². The lowest BCUT2D eigenvalue weighted by Gasteiger charge is -2.12. The van der Waals surface area contributed by atoms with Crippen LogP contribution in [0.1, 0.15) is 13.3 Å². The number of aryl methyl sites for hydroxylation is 1. The Kier molecular flexibility index (Phi) is 6.85. The molecule has 33 heavy (non-hydrogen) atoms. The Hall–Kier alpha value is -3.10. The maximum atomic E-state index is 13.4. The Morgan fingerprint density at radius 3 is 2.67 bits per heavy atom. The molecule has 0 bridgehead atoms. The third kappa shape index (κ3) is 4.82. The highest BCUT2D eigenvalue weighted by atomic mass is 35.5. The van der Waals surface area contributed by atoms with Gasteiger partial charge >= 0.3 is 0 Å². The molecule has 1 N–H and O–H groups in total. The predicted molar refractivity (Wildman–Crippen MR) is 131 cm³/mol. The summed E-state index contributed by atoms with van der Waals surface area (Å²) in [5, 5.41) is 3.26. The van der Waals surface area contributed by atoms with E-state index in [-0.39, 0.29) is 22.2 Å². The predicted octanol–water partition coefficient (Wildman–Crippen LogP) is 5.34. The van der Waals surface area contributed by atoms with E-state index >= 15 is 0 Å². The van der Waals surface area contributed by atoms with Crippen molar-refractivity contribution >= 4 is 46.0 Å². The van der Waals surface area contributed by atoms with Crippen LogP contribution in [0.3, 0.4) is 0 Å². The second-order valence-corrected chi connectivity index (χ2v) is 8.88. The maximum Gasteiger partial charge on any atom is 0.278 e. The van der Waals surface area contributed by atoms with Crippen LogP contribution in [-0.4, -0.2) is 25.8 Å². The highest BCUT2D eigenvalue weighted by Gasteiger charge is 2.19. The molecular formula is C24H22ClFN4O2S. The SMILES string of the molecule is CCCn1c(SCC(=O)Nc2ccc(F)cc2Cl)nc2c(-c3ccccc3)cn(C)c2c1=O. The van der Waals surface area contributed by atoms with Crippen LogP contribution in [0.25, 0.3) is 22.2 Å². The summed E-state index contributed by atoms with van der Waals surface area (Å²) in [4.78, 5) is 30.7. The minimum absolute atomic E-state index is 0.0167. The zero-order valence-electron chi connectivity index (χ0n) is 18.1. The number of anilines is 1. The number of aromatic nitrogens is 3. The van der Waals surface area contributed by atoms with E-state index in [9.17, 15) is 14.0 Å². The van der Waals surface area contributed by atoms with E-state index in [2.05, 4.69) is 5.32 Å². The number of thioether (sulfide) groups is 1. The fraction of sp³-hybridized carbons (Fsp3) is 0.208. The lowest BCUT2D eigenvalue weighted by Crippen LogP contribution is -2.25. The number of benzene rings is 2. The van der Waals surface area contributed by atoms with Gasteiger partial charge in [0, 0.05) is 25.4 Å². The van der Waals surface area contributed by atoms with Crippen LogP contribution < -0.4 is 10.9 Å². The first kappa shape index (κ1) is 23.1. The van der Waals surface area contributed by atoms with Gasteiger partial charge in [-0.1, -0.05) is 60.6 Å². The van der Waals surface area contributed by atoms with Crippen molar-refractivity contribution in [3.8, 4) is 11.1 Å². The van der Waals surface area contributed by atoms with Gasteiger partial charge in [-0.3, -0.25) is 14.2 Å². The number of carbonyl (C=O) groups is 1. The Bertz CT molecular complexity index is 1380. The maximum absolute atomic E-state index is 13.4. The van der Waals surface area contributed by atoms with Crippen molar-refractivity contribution in [2.45, 2.75) is 25.0 Å². The molecule has 4 rings (SSSR count). The van der Waals surface area contributed by atoms with Crippen molar-refractivity contribution < 1.29 is 9.18 Å². The average Bonchev–Trinajstić information content (AvgIpc) is 3.13. The summed E-state index contributed by atoms with van der Waals surface area (Å²) in [5.74, 6) is -0.795. The molecule has 4 aromatic rings. The largest absolute Gasteiger partial charge is 0.344 e. The molecule has 0 saturated heterocycles. The first-order valence-corrected chi connectivity index (χ1v) is 11.8. The lowest BCUT2D eigenvalue weighted by molar-refractivity contribution is -0.113. The number of hydrogen-bond donors (Lipinski definition) is 1. The molecule has 0 saturated carbocycles. The molecule has 0 atom stereocenters. The molecule has 0 spiro atoms. The van der Waals surface area contributed by atoms with E-state index in [0.717, 1.165) is 23.6 Å². The van der Waals surface area contributed by atoms with Crippen molar-refractivity contribution in [1.29, 1.82) is 0 Å². The summed E-state index contributed by atoms with van der Waals surface area (Å²) in [5.41, 5.74) is 3.13. The van der Waals surface area contributed by atoms with E-state index in [0.29, 0.717) is 28.4 Å². The summed E-state index contributed by atoms with van der Waals surface area (Å²) in [7, 11) is 1.83. The number of fused-ring (bicyclic) bond motifs is 1. The number of rotatable bonds is 7. The van der Waals surface area contributed by atoms with Gasteiger partial charge in [-0.2, -0.15) is 0 Å². The van der Waals surface area contributed by atoms with Gasteiger partial charge in [0.25, 0.3) is 5.56 Å². The third-order valence-corrected chi connectivity index (χ3v) is 6.40. The number of amides is 1. The normalized spacial score (nSPS) is 11.2. The number of nitrogens with one attached hydrogen (secondary N) is 1. The second kappa shape index (κ2) is 9.80. The summed E-state index contributed by atoms with van der Waals surface area (Å²) in [6.45, 7) is 2.47. The molecule has 2 heterocycles. The molecule has 0 unspecified atom stereocenters. The van der Waals surface area contributed by atoms with Gasteiger partial charge in [-0.05, 0) is 30.2 Å². The lowest BCUT2D eigenvalue weighted by atomic mass is 10.1. The van der Waals surface area contributed by atoms with E-state index in [1.807, 2.05) is 50.5 Å². The van der Waals surface area contributed by atoms with Crippen LogP contribution in [0.5, 0.6) is 0 Å². The molecule has 170 valence electrons. The fourth-order valence-electron chi connectivity index (χ4n) is 3.62. The van der Waals surface area contributed by atoms with Crippen LogP contribution >= 0.6 is 23.4 Å². The Balaban J connectivity index is 1.68. The van der Waals surface area contributed by atoms with Gasteiger partial charge in [0.1, 0.15) is 16.9 Å². The number of carbonyl (C=O) groups excluding carboxylic acids is 1. The van der Waals surface area contributed by atoms with Crippen LogP contribution in [0.15, 0.2) is 64.7 Å². The molecule has 9 heteroatoms. The van der Waals surface area contributed by atoms with Crippen molar-refractivity contribution in [2.75, 3.05) is 11.1 Å². The fourth-order valence-corrected chi connectivity index (χ4v) is 4.65. The highest BCUT2D eigenvalue weighted by molar-refractivity contribution is 7.99. The first-order chi connectivity index (χ1) is 15.9. The van der Waals surface area contributed by atoms with Gasteiger partial charge in [0.15, 0.2) is 5.16 Å². The van der Waals surface area contributed by atoms with Gasteiger partial charge in [0.05, 0.1) is 16.5 Å². The summed E-state index contributed by atoms with van der Waals surface area (Å²) in [6.07, 6.45) is 2.65. The molecular weight excluding hydrogens is 463 g/mol. The third-order valence-electron chi connectivity index (χ3n) is 5.11. The first-order valence-electron chi connectivity index (χ1n) is 10.4. The molecule has 0 aliphatic carbocycles. The second-order valence-electron chi connectivity index (χ2n) is 7.53. The van der Waals surface area contributed by atoms with Gasteiger partial charge in [-0.25, -0.2) is 9.37 Å². The van der Waals surface area contributed by atoms with E-state index in [1.165, 1.54) is 23.9 Å². The number of hydrogen-bond acceptors (Lipinski definition) is 4. The van der Waals surface area contributed by atoms with Crippen molar-refractivity contribution in [1.82, 2.24) is 14.1 Å². The Morgan fingerprint density at radius 1 is 1.21 bits per heavy atom. The van der Waals surface area contributed by atoms with Gasteiger partial charge in [0.2, 0.25) is 5.91 Å². The zero-order chi connectivity index (χ0) is 23.5. The summed E-state index contributed by atoms with van der Waals surface area (Å²) < 4.78 is 16.7. The topological polar surface area (TPSA) is 68.9 Å². The monoisotopic (exact) mass is 484 g/mol. The van der Waals surface area contributed by atoms with Crippen molar-refractivity contribution in [3.05, 3.63) is 75.9 Å². The van der Waals surface area contributed by atoms with Crippen LogP contribution in [0.2, 0.25) is 5.02 Å². The van der Waals surface area contributed by atoms with Crippen LogP contribution in [0, 0.1) is 5.82 Å². The van der Waals surface area contributed by atoms with Crippen LogP contribution in [-0.2, 0) is 18.4 Å². The van der Waals surface area contributed by atoms with Crippen molar-refractivity contribution in [2.24, 2.45) is 7.05 Å². The Morgan fingerprint density at radius 2 is 1.97 bits per heavy atom. The average molecular weight is 485 g/mol. The summed E-state index contributed by atoms with van der Waals surface area (Å²) >= 11 is 7.18. The Labute approximate surface area is 199 Å². The number of nitrogens with zero attached hydrogens (tertiary/aromatic N) is 3. The zero-order valence-corrected chi connectivity index (χ0v) is 19.7. The molecule has 0 fully saturated rings. The molecule has 6 nitrogen and oxygen atoms in total. The van der Waals surface area contributed by atoms with Gasteiger partial charge < -0.3 is 9.88 Å². The quantitative estimate of drug-likeness (QED) is 0.284. The van der Waals surface area contributed by atoms with Gasteiger partial charge in [-0.15, -0.1) is 0 Å². The standard InChI is InChI=1S/C24H22ClFN4O2S/c1-3-11-30-23(32)22-21(17(13-29(22)2)15-7-5-4-6-8-15)28-24(30)33-14-20(31)27-19-10-9-16(26)12-18(19)25/h4-10,12-13H,3,11,14H2,1-2H3,(H,27,31). The molecule has 2 aromatic carbocycles. The minimum Gasteiger partial charge on any atom is -0.344 e. The van der Waals surface area contributed by atoms with E-state index < -0.39 is 5.82 Å². The molecule has 2 aromatic heterocycles. The summed E-state index contributed by atoms with van der Waals surface area (Å²) in [6, 6.07) is 13.5. The number of halogens is 2. The van der Waals surface area contributed by atoms with E-state index in [4.69, 9.17) is 16.6 Å². The van der Waals surface area contributed by atoms with E-state index in [1.54, 1.807) is 9.13 Å². The smallest absolute Gasteiger partial charge is 0.278 e. The minimum atomic E-state index is -0.481.